The Bertz CT molecular complexity index is 645. The van der Waals surface area contributed by atoms with E-state index in [1.54, 1.807) is 12.1 Å². The summed E-state index contributed by atoms with van der Waals surface area (Å²) in [5.74, 6) is -0.573. The van der Waals surface area contributed by atoms with E-state index in [4.69, 9.17) is 0 Å². The molecule has 2 rings (SSSR count). The first kappa shape index (κ1) is 16.9. The maximum Gasteiger partial charge on any atom is 0.406 e. The quantitative estimate of drug-likeness (QED) is 0.746. The lowest BCUT2D eigenvalue weighted by molar-refractivity contribution is -0.159. The van der Waals surface area contributed by atoms with Crippen LogP contribution in [0.25, 0.3) is 5.69 Å². The molecule has 0 saturated carbocycles. The van der Waals surface area contributed by atoms with Crippen LogP contribution >= 0.6 is 0 Å². The Morgan fingerprint density at radius 3 is 2.30 bits per heavy atom. The molecule has 0 atom stereocenters. The molecule has 1 aromatic heterocycles. The first-order valence-corrected chi connectivity index (χ1v) is 7.07. The van der Waals surface area contributed by atoms with E-state index in [2.05, 4.69) is 6.58 Å². The summed E-state index contributed by atoms with van der Waals surface area (Å²) in [6.45, 7) is 2.01. The summed E-state index contributed by atoms with van der Waals surface area (Å²) < 4.78 is 39.4. The fourth-order valence-corrected chi connectivity index (χ4v) is 2.21. The average molecular weight is 322 g/mol. The van der Waals surface area contributed by atoms with Crippen LogP contribution in [0.5, 0.6) is 0 Å². The van der Waals surface area contributed by atoms with Crippen molar-refractivity contribution in [2.24, 2.45) is 0 Å². The van der Waals surface area contributed by atoms with Gasteiger partial charge in [0.1, 0.15) is 6.54 Å². The van der Waals surface area contributed by atoms with Gasteiger partial charge >= 0.3 is 6.18 Å². The lowest BCUT2D eigenvalue weighted by Gasteiger charge is -2.22. The number of aromatic nitrogens is 1. The SMILES string of the molecule is C=CCN(CC(F)(F)F)C(=O)Cc1ccc(-n2cccc2)cc1. The highest BCUT2D eigenvalue weighted by atomic mass is 19.4. The Morgan fingerprint density at radius 2 is 1.78 bits per heavy atom. The number of carbonyl (C=O) groups excluding carboxylic acids is 1. The Kier molecular flexibility index (Phi) is 5.26. The van der Waals surface area contributed by atoms with Gasteiger partial charge in [0.2, 0.25) is 5.91 Å². The molecular formula is C17H17F3N2O. The first-order chi connectivity index (χ1) is 10.9. The van der Waals surface area contributed by atoms with Crippen molar-refractivity contribution in [2.45, 2.75) is 12.6 Å². The Hall–Kier alpha value is -2.50. The number of benzene rings is 1. The van der Waals surface area contributed by atoms with Crippen LogP contribution in [0.1, 0.15) is 5.56 Å². The molecule has 0 radical (unpaired) electrons. The van der Waals surface area contributed by atoms with Gasteiger partial charge in [-0.2, -0.15) is 13.2 Å². The molecular weight excluding hydrogens is 305 g/mol. The molecule has 1 heterocycles. The number of rotatable bonds is 6. The molecule has 1 aromatic carbocycles. The second-order valence-corrected chi connectivity index (χ2v) is 5.11. The van der Waals surface area contributed by atoms with Crippen LogP contribution in [-0.4, -0.2) is 34.6 Å². The van der Waals surface area contributed by atoms with Gasteiger partial charge in [-0.05, 0) is 29.8 Å². The van der Waals surface area contributed by atoms with E-state index in [0.717, 1.165) is 10.6 Å². The third kappa shape index (κ3) is 5.02. The summed E-state index contributed by atoms with van der Waals surface area (Å²) in [6, 6.07) is 10.9. The van der Waals surface area contributed by atoms with Gasteiger partial charge in [0.05, 0.1) is 6.42 Å². The number of nitrogens with zero attached hydrogens (tertiary/aromatic N) is 2. The molecule has 2 aromatic rings. The average Bonchev–Trinajstić information content (AvgIpc) is 3.00. The second-order valence-electron chi connectivity index (χ2n) is 5.11. The summed E-state index contributed by atoms with van der Waals surface area (Å²) in [4.78, 5) is 12.8. The zero-order valence-corrected chi connectivity index (χ0v) is 12.5. The van der Waals surface area contributed by atoms with E-state index in [0.29, 0.717) is 5.56 Å². The van der Waals surface area contributed by atoms with Crippen molar-refractivity contribution in [3.8, 4) is 5.69 Å². The number of hydrogen-bond donors (Lipinski definition) is 0. The summed E-state index contributed by atoms with van der Waals surface area (Å²) in [6.07, 6.45) is 0.566. The predicted octanol–water partition coefficient (Wildman–Crippen LogP) is 3.60. The molecule has 0 fully saturated rings. The van der Waals surface area contributed by atoms with Crippen molar-refractivity contribution >= 4 is 5.91 Å². The predicted molar refractivity (Wildman–Crippen MR) is 82.3 cm³/mol. The number of alkyl halides is 3. The standard InChI is InChI=1S/C17H17F3N2O/c1-2-9-22(13-17(18,19)20)16(23)12-14-5-7-15(8-6-14)21-10-3-4-11-21/h2-8,10-11H,1,9,12-13H2. The van der Waals surface area contributed by atoms with Crippen LogP contribution in [0.3, 0.4) is 0 Å². The molecule has 0 N–H and O–H groups in total. The summed E-state index contributed by atoms with van der Waals surface area (Å²) in [7, 11) is 0. The lowest BCUT2D eigenvalue weighted by Crippen LogP contribution is -2.39. The van der Waals surface area contributed by atoms with Crippen molar-refractivity contribution in [3.05, 3.63) is 67.0 Å². The van der Waals surface area contributed by atoms with Gasteiger partial charge in [-0.3, -0.25) is 4.79 Å². The molecule has 0 spiro atoms. The molecule has 0 aliphatic carbocycles. The molecule has 0 unspecified atom stereocenters. The fraction of sp³-hybridized carbons (Fsp3) is 0.235. The van der Waals surface area contributed by atoms with Crippen molar-refractivity contribution in [1.82, 2.24) is 9.47 Å². The second kappa shape index (κ2) is 7.17. The molecule has 0 bridgehead atoms. The molecule has 122 valence electrons. The zero-order chi connectivity index (χ0) is 16.9. The lowest BCUT2D eigenvalue weighted by atomic mass is 10.1. The third-order valence-electron chi connectivity index (χ3n) is 3.27. The van der Waals surface area contributed by atoms with Crippen LogP contribution in [0.2, 0.25) is 0 Å². The monoisotopic (exact) mass is 322 g/mol. The Balaban J connectivity index is 2.04. The smallest absolute Gasteiger partial charge is 0.330 e. The summed E-state index contributed by atoms with van der Waals surface area (Å²) in [5, 5.41) is 0. The number of hydrogen-bond acceptors (Lipinski definition) is 1. The van der Waals surface area contributed by atoms with Crippen LogP contribution in [0.15, 0.2) is 61.4 Å². The summed E-state index contributed by atoms with van der Waals surface area (Å²) >= 11 is 0. The highest BCUT2D eigenvalue weighted by molar-refractivity contribution is 5.79. The molecule has 3 nitrogen and oxygen atoms in total. The molecule has 6 heteroatoms. The maximum absolute atomic E-state index is 12.5. The largest absolute Gasteiger partial charge is 0.406 e. The van der Waals surface area contributed by atoms with Gasteiger partial charge in [0.25, 0.3) is 0 Å². The van der Waals surface area contributed by atoms with Gasteiger partial charge in [-0.25, -0.2) is 0 Å². The van der Waals surface area contributed by atoms with Gasteiger partial charge < -0.3 is 9.47 Å². The third-order valence-corrected chi connectivity index (χ3v) is 3.27. The molecule has 0 aliphatic heterocycles. The van der Waals surface area contributed by atoms with Crippen molar-refractivity contribution < 1.29 is 18.0 Å². The van der Waals surface area contributed by atoms with Crippen molar-refractivity contribution in [2.75, 3.05) is 13.1 Å². The normalized spacial score (nSPS) is 11.3. The van der Waals surface area contributed by atoms with Crippen molar-refractivity contribution in [3.63, 3.8) is 0 Å². The molecule has 0 saturated heterocycles. The fourth-order valence-electron chi connectivity index (χ4n) is 2.21. The Morgan fingerprint density at radius 1 is 1.17 bits per heavy atom. The van der Waals surface area contributed by atoms with Gasteiger partial charge in [-0.1, -0.05) is 18.2 Å². The Labute approximate surface area is 132 Å². The highest BCUT2D eigenvalue weighted by Crippen LogP contribution is 2.18. The highest BCUT2D eigenvalue weighted by Gasteiger charge is 2.32. The topological polar surface area (TPSA) is 25.2 Å². The van der Waals surface area contributed by atoms with Crippen LogP contribution in [0, 0.1) is 0 Å². The number of amides is 1. The van der Waals surface area contributed by atoms with Gasteiger partial charge in [0.15, 0.2) is 0 Å². The minimum absolute atomic E-state index is 0.0735. The van der Waals surface area contributed by atoms with E-state index in [-0.39, 0.29) is 13.0 Å². The minimum Gasteiger partial charge on any atom is -0.330 e. The van der Waals surface area contributed by atoms with Crippen LogP contribution < -0.4 is 0 Å². The summed E-state index contributed by atoms with van der Waals surface area (Å²) in [5.41, 5.74) is 1.59. The van der Waals surface area contributed by atoms with E-state index < -0.39 is 18.6 Å². The van der Waals surface area contributed by atoms with Crippen LogP contribution in [-0.2, 0) is 11.2 Å². The molecule has 0 aliphatic rings. The van der Waals surface area contributed by atoms with Gasteiger partial charge in [-0.15, -0.1) is 6.58 Å². The van der Waals surface area contributed by atoms with Crippen LogP contribution in [0.4, 0.5) is 13.2 Å². The van der Waals surface area contributed by atoms with E-state index >= 15 is 0 Å². The number of halogens is 3. The first-order valence-electron chi connectivity index (χ1n) is 7.07. The van der Waals surface area contributed by atoms with E-state index in [1.165, 1.54) is 6.08 Å². The van der Waals surface area contributed by atoms with E-state index in [9.17, 15) is 18.0 Å². The number of carbonyl (C=O) groups is 1. The van der Waals surface area contributed by atoms with Gasteiger partial charge in [0, 0.05) is 24.6 Å². The zero-order valence-electron chi connectivity index (χ0n) is 12.5. The molecule has 1 amide bonds. The van der Waals surface area contributed by atoms with E-state index in [1.807, 2.05) is 41.2 Å². The van der Waals surface area contributed by atoms with Crippen molar-refractivity contribution in [1.29, 1.82) is 0 Å². The molecule has 23 heavy (non-hydrogen) atoms. The minimum atomic E-state index is -4.42. The maximum atomic E-state index is 12.5.